The van der Waals surface area contributed by atoms with E-state index >= 15 is 0 Å². The van der Waals surface area contributed by atoms with Gasteiger partial charge >= 0.3 is 0 Å². The molecule has 0 amide bonds. The number of rotatable bonds is 8. The van der Waals surface area contributed by atoms with Crippen LogP contribution in [0, 0.1) is 5.92 Å². The highest BCUT2D eigenvalue weighted by molar-refractivity contribution is 14.0. The summed E-state index contributed by atoms with van der Waals surface area (Å²) in [5.41, 5.74) is 1.02. The van der Waals surface area contributed by atoms with Crippen LogP contribution in [0.3, 0.4) is 0 Å². The number of hydrogen-bond donors (Lipinski definition) is 2. The van der Waals surface area contributed by atoms with E-state index in [-0.39, 0.29) is 24.0 Å². The number of guanidine groups is 1. The minimum Gasteiger partial charge on any atom is -0.381 e. The average Bonchev–Trinajstić information content (AvgIpc) is 3.11. The van der Waals surface area contributed by atoms with Crippen LogP contribution in [0.1, 0.15) is 25.0 Å². The molecule has 2 aromatic rings. The second-order valence-electron chi connectivity index (χ2n) is 5.55. The van der Waals surface area contributed by atoms with Crippen LogP contribution in [0.5, 0.6) is 0 Å². The Labute approximate surface area is 157 Å². The third-order valence-corrected chi connectivity index (χ3v) is 4.38. The number of fused-ring (bicyclic) bond motifs is 1. The van der Waals surface area contributed by atoms with Gasteiger partial charge in [0.1, 0.15) is 0 Å². The molecule has 3 rings (SSSR count). The van der Waals surface area contributed by atoms with Gasteiger partial charge in [-0.25, -0.2) is 4.98 Å². The molecule has 6 nitrogen and oxygen atoms in total. The molecule has 0 unspecified atom stereocenters. The fraction of sp³-hybridized carbons (Fsp3) is 0.600. The zero-order valence-electron chi connectivity index (χ0n) is 13.3. The highest BCUT2D eigenvalue weighted by Gasteiger charge is 2.20. The summed E-state index contributed by atoms with van der Waals surface area (Å²) >= 11 is 1.64. The second-order valence-corrected chi connectivity index (χ2v) is 6.42. The summed E-state index contributed by atoms with van der Waals surface area (Å²) in [5, 5.41) is 8.61. The lowest BCUT2D eigenvalue weighted by Gasteiger charge is -2.11. The first-order valence-corrected chi connectivity index (χ1v) is 8.66. The Bertz CT molecular complexity index is 594. The first-order valence-electron chi connectivity index (χ1n) is 7.78. The molecule has 128 valence electrons. The monoisotopic (exact) mass is 449 g/mol. The number of aliphatic imine (C=N–C) groups is 1. The number of imidazole rings is 1. The van der Waals surface area contributed by atoms with Crippen molar-refractivity contribution < 1.29 is 4.74 Å². The fourth-order valence-corrected chi connectivity index (χ4v) is 2.89. The van der Waals surface area contributed by atoms with Gasteiger partial charge in [-0.1, -0.05) is 0 Å². The van der Waals surface area contributed by atoms with Gasteiger partial charge in [-0.2, -0.15) is 0 Å². The lowest BCUT2D eigenvalue weighted by atomic mass is 10.4. The Morgan fingerprint density at radius 3 is 3.09 bits per heavy atom. The molecule has 0 aromatic carbocycles. The van der Waals surface area contributed by atoms with E-state index < -0.39 is 0 Å². The van der Waals surface area contributed by atoms with Gasteiger partial charge in [-0.15, -0.1) is 35.3 Å². The van der Waals surface area contributed by atoms with Crippen molar-refractivity contribution in [3.8, 4) is 0 Å². The van der Waals surface area contributed by atoms with Gasteiger partial charge in [0.2, 0.25) is 0 Å². The molecule has 2 heterocycles. The SMILES string of the molecule is CN=C(NCCCOCC1CC1)NCc1cn2ccsc2n1.I. The molecule has 2 N–H and O–H groups in total. The van der Waals surface area contributed by atoms with Crippen LogP contribution in [0.4, 0.5) is 0 Å². The molecule has 0 bridgehead atoms. The van der Waals surface area contributed by atoms with Crippen molar-refractivity contribution in [1.29, 1.82) is 0 Å². The quantitative estimate of drug-likeness (QED) is 0.282. The maximum Gasteiger partial charge on any atom is 0.193 e. The Kier molecular flexibility index (Phi) is 7.57. The number of hydrogen-bond acceptors (Lipinski definition) is 4. The maximum atomic E-state index is 5.62. The Balaban J connectivity index is 0.00000192. The second kappa shape index (κ2) is 9.43. The van der Waals surface area contributed by atoms with Gasteiger partial charge in [-0.3, -0.25) is 9.39 Å². The number of nitrogens with zero attached hydrogens (tertiary/aromatic N) is 3. The third kappa shape index (κ3) is 5.92. The highest BCUT2D eigenvalue weighted by Crippen LogP contribution is 2.28. The van der Waals surface area contributed by atoms with Gasteiger partial charge in [-0.05, 0) is 25.2 Å². The standard InChI is InChI=1S/C15H23N5OS.HI/c1-16-14(17-5-2-7-21-11-12-3-4-12)18-9-13-10-20-6-8-22-15(20)19-13;/h6,8,10,12H,2-5,7,9,11H2,1H3,(H2,16,17,18);1H. The third-order valence-electron chi connectivity index (χ3n) is 3.61. The van der Waals surface area contributed by atoms with Gasteiger partial charge in [0, 0.05) is 44.6 Å². The molecule has 2 aromatic heterocycles. The van der Waals surface area contributed by atoms with Crippen molar-refractivity contribution in [2.45, 2.75) is 25.8 Å². The van der Waals surface area contributed by atoms with E-state index in [1.807, 2.05) is 22.2 Å². The number of aromatic nitrogens is 2. The molecule has 0 radical (unpaired) electrons. The Morgan fingerprint density at radius 2 is 2.35 bits per heavy atom. The maximum absolute atomic E-state index is 5.62. The summed E-state index contributed by atoms with van der Waals surface area (Å²) in [4.78, 5) is 9.78. The van der Waals surface area contributed by atoms with E-state index in [9.17, 15) is 0 Å². The highest BCUT2D eigenvalue weighted by atomic mass is 127. The molecule has 0 saturated heterocycles. The van der Waals surface area contributed by atoms with E-state index in [0.717, 1.165) is 48.7 Å². The number of halogens is 1. The van der Waals surface area contributed by atoms with Gasteiger partial charge < -0.3 is 15.4 Å². The van der Waals surface area contributed by atoms with E-state index in [2.05, 4.69) is 20.6 Å². The molecular formula is C15H24IN5OS. The van der Waals surface area contributed by atoms with E-state index in [0.29, 0.717) is 6.54 Å². The van der Waals surface area contributed by atoms with Gasteiger partial charge in [0.25, 0.3) is 0 Å². The predicted molar refractivity (Wildman–Crippen MR) is 105 cm³/mol. The van der Waals surface area contributed by atoms with Crippen LogP contribution >= 0.6 is 35.3 Å². The number of nitrogens with one attached hydrogen (secondary N) is 2. The van der Waals surface area contributed by atoms with Gasteiger partial charge in [0.15, 0.2) is 10.9 Å². The van der Waals surface area contributed by atoms with Crippen LogP contribution in [-0.4, -0.2) is 42.2 Å². The predicted octanol–water partition coefficient (Wildman–Crippen LogP) is 2.50. The molecule has 8 heteroatoms. The van der Waals surface area contributed by atoms with E-state index in [4.69, 9.17) is 4.74 Å². The topological polar surface area (TPSA) is 63.0 Å². The molecule has 23 heavy (non-hydrogen) atoms. The smallest absolute Gasteiger partial charge is 0.193 e. The zero-order chi connectivity index (χ0) is 15.2. The molecular weight excluding hydrogens is 425 g/mol. The molecule has 1 fully saturated rings. The lowest BCUT2D eigenvalue weighted by molar-refractivity contribution is 0.123. The molecule has 1 aliphatic carbocycles. The first kappa shape index (κ1) is 18.5. The molecule has 0 aliphatic heterocycles. The summed E-state index contributed by atoms with van der Waals surface area (Å²) in [5.74, 6) is 1.64. The van der Waals surface area contributed by atoms with Crippen molar-refractivity contribution in [3.05, 3.63) is 23.5 Å². The van der Waals surface area contributed by atoms with Crippen molar-refractivity contribution in [3.63, 3.8) is 0 Å². The lowest BCUT2D eigenvalue weighted by Crippen LogP contribution is -2.37. The minimum atomic E-state index is 0. The van der Waals surface area contributed by atoms with E-state index in [1.54, 1.807) is 18.4 Å². The molecule has 0 atom stereocenters. The van der Waals surface area contributed by atoms with Crippen LogP contribution in [0.2, 0.25) is 0 Å². The summed E-state index contributed by atoms with van der Waals surface area (Å²) in [6, 6.07) is 0. The van der Waals surface area contributed by atoms with Crippen LogP contribution in [-0.2, 0) is 11.3 Å². The minimum absolute atomic E-state index is 0. The van der Waals surface area contributed by atoms with Crippen LogP contribution < -0.4 is 10.6 Å². The molecule has 1 saturated carbocycles. The number of thiazole rings is 1. The van der Waals surface area contributed by atoms with Crippen molar-refractivity contribution in [1.82, 2.24) is 20.0 Å². The number of ether oxygens (including phenoxy) is 1. The summed E-state index contributed by atoms with van der Waals surface area (Å²) in [7, 11) is 1.78. The van der Waals surface area contributed by atoms with Gasteiger partial charge in [0.05, 0.1) is 12.2 Å². The van der Waals surface area contributed by atoms with E-state index in [1.165, 1.54) is 12.8 Å². The first-order chi connectivity index (χ1) is 10.8. The summed E-state index contributed by atoms with van der Waals surface area (Å²) in [6.45, 7) is 3.29. The van der Waals surface area contributed by atoms with Crippen molar-refractivity contribution in [2.24, 2.45) is 10.9 Å². The summed E-state index contributed by atoms with van der Waals surface area (Å²) in [6.07, 6.45) is 7.75. The Morgan fingerprint density at radius 1 is 1.48 bits per heavy atom. The van der Waals surface area contributed by atoms with Crippen molar-refractivity contribution in [2.75, 3.05) is 26.8 Å². The van der Waals surface area contributed by atoms with Crippen LogP contribution in [0.25, 0.3) is 4.96 Å². The fourth-order valence-electron chi connectivity index (χ4n) is 2.17. The van der Waals surface area contributed by atoms with Crippen LogP contribution in [0.15, 0.2) is 22.8 Å². The largest absolute Gasteiger partial charge is 0.381 e. The van der Waals surface area contributed by atoms with Crippen molar-refractivity contribution >= 4 is 46.2 Å². The molecule has 1 aliphatic rings. The summed E-state index contributed by atoms with van der Waals surface area (Å²) < 4.78 is 7.65. The molecule has 0 spiro atoms. The average molecular weight is 449 g/mol. The normalized spacial score (nSPS) is 14.7. The zero-order valence-corrected chi connectivity index (χ0v) is 16.5. The Hall–Kier alpha value is -0.870.